The molecule has 288 valence electrons. The summed E-state index contributed by atoms with van der Waals surface area (Å²) in [6, 6.07) is 13.1. The van der Waals surface area contributed by atoms with Crippen LogP contribution in [0.5, 0.6) is 11.5 Å². The van der Waals surface area contributed by atoms with E-state index in [1.54, 1.807) is 48.5 Å². The average molecular weight is 727 g/mol. The fraction of sp³-hybridized carbons (Fsp3) is 0.634. The number of rotatable bonds is 10. The molecule has 0 N–H and O–H groups in total. The highest BCUT2D eigenvalue weighted by Gasteiger charge is 2.44. The third kappa shape index (κ3) is 14.0. The first kappa shape index (κ1) is 40.9. The van der Waals surface area contributed by atoms with Crippen molar-refractivity contribution in [3.05, 3.63) is 59.7 Å². The summed E-state index contributed by atoms with van der Waals surface area (Å²) < 4.78 is 22.8. The predicted molar refractivity (Wildman–Crippen MR) is 194 cm³/mol. The van der Waals surface area contributed by atoms with E-state index in [-0.39, 0.29) is 11.1 Å². The molecule has 52 heavy (non-hydrogen) atoms. The van der Waals surface area contributed by atoms with Crippen molar-refractivity contribution in [1.82, 2.24) is 0 Å². The molecule has 2 saturated carbocycles. The van der Waals surface area contributed by atoms with Gasteiger partial charge in [-0.1, -0.05) is 102 Å². The Morgan fingerprint density at radius 1 is 0.462 bits per heavy atom. The van der Waals surface area contributed by atoms with Crippen molar-refractivity contribution in [2.45, 2.75) is 153 Å². The number of carbonyl (C=O) groups is 3. The van der Waals surface area contributed by atoms with Crippen LogP contribution in [0.4, 0.5) is 4.79 Å². The van der Waals surface area contributed by atoms with Gasteiger partial charge in [0.05, 0.1) is 25.3 Å². The van der Waals surface area contributed by atoms with Gasteiger partial charge in [-0.25, -0.2) is 14.4 Å². The monoisotopic (exact) mass is 726 g/mol. The highest BCUT2D eigenvalue weighted by Crippen LogP contribution is 2.35. The smallest absolute Gasteiger partial charge is 0.497 e. The van der Waals surface area contributed by atoms with Gasteiger partial charge in [0.1, 0.15) is 11.5 Å². The van der Waals surface area contributed by atoms with E-state index >= 15 is 0 Å². The number of benzene rings is 2. The summed E-state index contributed by atoms with van der Waals surface area (Å²) in [4.78, 5) is 63.0. The van der Waals surface area contributed by atoms with Gasteiger partial charge in [-0.2, -0.15) is 0 Å². The van der Waals surface area contributed by atoms with Crippen LogP contribution >= 0.6 is 0 Å². The minimum Gasteiger partial charge on any atom is -0.497 e. The largest absolute Gasteiger partial charge is 0.513 e. The number of ether oxygens (including phenoxy) is 4. The molecule has 0 aliphatic heterocycles. The van der Waals surface area contributed by atoms with E-state index in [1.807, 2.05) is 0 Å². The lowest BCUT2D eigenvalue weighted by molar-refractivity contribution is -0.409. The van der Waals surface area contributed by atoms with Crippen LogP contribution in [0, 0.1) is 0 Å². The quantitative estimate of drug-likeness (QED) is 0.100. The molecular formula is C41H58O11. The Bertz CT molecular complexity index is 1250. The van der Waals surface area contributed by atoms with Crippen molar-refractivity contribution in [1.29, 1.82) is 0 Å². The van der Waals surface area contributed by atoms with Crippen LogP contribution in [0.3, 0.4) is 0 Å². The predicted octanol–water partition coefficient (Wildman–Crippen LogP) is 10.7. The zero-order valence-electron chi connectivity index (χ0n) is 31.2. The number of hydrogen-bond acceptors (Lipinski definition) is 11. The summed E-state index contributed by atoms with van der Waals surface area (Å²) in [6.45, 7) is 0. The van der Waals surface area contributed by atoms with E-state index in [0.29, 0.717) is 62.9 Å². The second-order valence-corrected chi connectivity index (χ2v) is 14.0. The maximum Gasteiger partial charge on any atom is 0.513 e. The summed E-state index contributed by atoms with van der Waals surface area (Å²) >= 11 is 0. The van der Waals surface area contributed by atoms with Crippen molar-refractivity contribution in [2.75, 3.05) is 14.2 Å². The molecule has 0 atom stereocenters. The first-order valence-electron chi connectivity index (χ1n) is 19.4. The van der Waals surface area contributed by atoms with Gasteiger partial charge in [0.15, 0.2) is 0 Å². The van der Waals surface area contributed by atoms with E-state index in [4.69, 9.17) is 38.5 Å². The van der Waals surface area contributed by atoms with Gasteiger partial charge in [-0.15, -0.1) is 9.78 Å². The Morgan fingerprint density at radius 3 is 1.08 bits per heavy atom. The van der Waals surface area contributed by atoms with Gasteiger partial charge < -0.3 is 18.9 Å². The average Bonchev–Trinajstić information content (AvgIpc) is 3.15. The van der Waals surface area contributed by atoms with Gasteiger partial charge in [0, 0.05) is 25.7 Å². The first-order chi connectivity index (χ1) is 25.4. The topological polar surface area (TPSA) is 125 Å². The molecule has 0 heterocycles. The third-order valence-electron chi connectivity index (χ3n) is 9.92. The summed E-state index contributed by atoms with van der Waals surface area (Å²) in [7, 11) is 3.03. The maximum atomic E-state index is 14.0. The third-order valence-corrected chi connectivity index (χ3v) is 9.92. The highest BCUT2D eigenvalue weighted by molar-refractivity contribution is 5.89. The van der Waals surface area contributed by atoms with E-state index in [0.717, 1.165) is 77.0 Å². The van der Waals surface area contributed by atoms with Gasteiger partial charge >= 0.3 is 18.1 Å². The second kappa shape index (κ2) is 22.3. The van der Waals surface area contributed by atoms with Crippen molar-refractivity contribution in [3.8, 4) is 11.5 Å². The maximum absolute atomic E-state index is 14.0. The van der Waals surface area contributed by atoms with Crippen LogP contribution in [0.2, 0.25) is 0 Å². The molecule has 2 fully saturated rings. The molecule has 2 aliphatic carbocycles. The van der Waals surface area contributed by atoms with E-state index in [2.05, 4.69) is 0 Å². The molecular weight excluding hydrogens is 668 g/mol. The number of hydrogen-bond donors (Lipinski definition) is 0. The Hall–Kier alpha value is -3.83. The Kier molecular flexibility index (Phi) is 17.5. The molecule has 2 aliphatic rings. The van der Waals surface area contributed by atoms with E-state index in [9.17, 15) is 14.4 Å². The zero-order valence-corrected chi connectivity index (χ0v) is 31.2. The van der Waals surface area contributed by atoms with Gasteiger partial charge in [-0.3, -0.25) is 9.78 Å². The highest BCUT2D eigenvalue weighted by atomic mass is 17.3. The first-order valence-corrected chi connectivity index (χ1v) is 19.4. The van der Waals surface area contributed by atoms with Crippen LogP contribution in [0.25, 0.3) is 0 Å². The lowest BCUT2D eigenvalue weighted by Crippen LogP contribution is -2.44. The molecule has 0 aromatic heterocycles. The molecule has 11 heteroatoms. The standard InChI is InChI=1S/C41H58O11/c1-45-35-25-21-23-33(31-35)37(42)49-51-40(27-17-13-9-5-3-6-10-14-18-28-40)47-39(44)48-41(29-19-15-11-7-4-8-12-16-20-30-41)52-50-38(43)34-24-22-26-36(32-34)46-2/h21-26,31-32H,3-20,27-30H2,1-2H3. The van der Waals surface area contributed by atoms with Crippen molar-refractivity contribution >= 4 is 18.1 Å². The van der Waals surface area contributed by atoms with Crippen LogP contribution < -0.4 is 9.47 Å². The SMILES string of the molecule is COc1cccc(C(=O)OOC2(OC(=O)OC3(OOC(=O)c4cccc(OC)c4)CCCCCCCCCCC3)CCCCCCCCCCC2)c1. The molecule has 0 amide bonds. The van der Waals surface area contributed by atoms with Gasteiger partial charge in [0.25, 0.3) is 11.6 Å². The minimum atomic E-state index is -1.60. The number of carbonyl (C=O) groups excluding carboxylic acids is 3. The summed E-state index contributed by atoms with van der Waals surface area (Å²) in [5.41, 5.74) is 0.451. The lowest BCUT2D eigenvalue weighted by atomic mass is 9.97. The van der Waals surface area contributed by atoms with E-state index < -0.39 is 29.7 Å². The van der Waals surface area contributed by atoms with Crippen molar-refractivity contribution in [3.63, 3.8) is 0 Å². The molecule has 0 unspecified atom stereocenters. The fourth-order valence-electron chi connectivity index (χ4n) is 6.86. The molecule has 0 bridgehead atoms. The zero-order chi connectivity index (χ0) is 36.9. The van der Waals surface area contributed by atoms with E-state index in [1.165, 1.54) is 27.1 Å². The molecule has 2 aromatic rings. The molecule has 0 spiro atoms. The summed E-state index contributed by atoms with van der Waals surface area (Å²) in [5.74, 6) is -3.72. The lowest BCUT2D eigenvalue weighted by Gasteiger charge is -2.35. The minimum absolute atomic E-state index is 0.226. The normalized spacial score (nSPS) is 19.1. The molecule has 0 saturated heterocycles. The van der Waals surface area contributed by atoms with Crippen LogP contribution in [-0.4, -0.2) is 43.9 Å². The molecule has 2 aromatic carbocycles. The number of methoxy groups -OCH3 is 2. The van der Waals surface area contributed by atoms with Crippen LogP contribution in [0.15, 0.2) is 48.5 Å². The summed E-state index contributed by atoms with van der Waals surface area (Å²) in [6.07, 6.45) is 17.6. The molecule has 11 nitrogen and oxygen atoms in total. The fourth-order valence-corrected chi connectivity index (χ4v) is 6.86. The molecule has 0 radical (unpaired) electrons. The van der Waals surface area contributed by atoms with Crippen molar-refractivity contribution < 1.29 is 52.9 Å². The Balaban J connectivity index is 1.57. The Morgan fingerprint density at radius 2 is 0.769 bits per heavy atom. The second-order valence-electron chi connectivity index (χ2n) is 14.0. The van der Waals surface area contributed by atoms with Crippen molar-refractivity contribution in [2.24, 2.45) is 0 Å². The Labute approximate surface area is 308 Å². The van der Waals surface area contributed by atoms with Gasteiger partial charge in [0.2, 0.25) is 0 Å². The van der Waals surface area contributed by atoms with Gasteiger partial charge in [-0.05, 0) is 62.1 Å². The summed E-state index contributed by atoms with van der Waals surface area (Å²) in [5, 5.41) is 0. The van der Waals surface area contributed by atoms with Crippen LogP contribution in [0.1, 0.15) is 162 Å². The molecule has 4 rings (SSSR count). The van der Waals surface area contributed by atoms with Crippen LogP contribution in [-0.2, 0) is 29.0 Å².